The van der Waals surface area contributed by atoms with Crippen molar-refractivity contribution >= 4 is 5.91 Å². The molecule has 28 heavy (non-hydrogen) atoms. The number of carbonyl (C=O) groups excluding carboxylic acids is 1. The second kappa shape index (κ2) is 9.01. The smallest absolute Gasteiger partial charge is 0.263 e. The standard InChI is InChI=1S/C21H30N4O3/c1-13-8-9-25(15(3)12-24(5)6)21(27)18(13)20(26)23-11-17-16(4)19(28-7)14(2)10-22-17/h8-10,15H,11-12H2,1-7H3,(H,23,26). The van der Waals surface area contributed by atoms with E-state index in [1.54, 1.807) is 37.1 Å². The third kappa shape index (κ3) is 4.59. The summed E-state index contributed by atoms with van der Waals surface area (Å²) in [4.78, 5) is 32.1. The number of nitrogens with one attached hydrogen (secondary N) is 1. The summed E-state index contributed by atoms with van der Waals surface area (Å²) in [7, 11) is 5.52. The second-order valence-electron chi connectivity index (χ2n) is 7.43. The van der Waals surface area contributed by atoms with Crippen LogP contribution in [0.5, 0.6) is 5.75 Å². The summed E-state index contributed by atoms with van der Waals surface area (Å²) in [5.41, 5.74) is 3.08. The lowest BCUT2D eigenvalue weighted by Gasteiger charge is -2.20. The monoisotopic (exact) mass is 386 g/mol. The van der Waals surface area contributed by atoms with E-state index in [1.165, 1.54) is 0 Å². The molecule has 1 unspecified atom stereocenters. The molecule has 0 bridgehead atoms. The van der Waals surface area contributed by atoms with Crippen molar-refractivity contribution in [3.8, 4) is 5.75 Å². The molecule has 0 spiro atoms. The minimum absolute atomic E-state index is 0.0417. The van der Waals surface area contributed by atoms with Crippen molar-refractivity contribution in [2.45, 2.75) is 40.3 Å². The highest BCUT2D eigenvalue weighted by atomic mass is 16.5. The first-order valence-electron chi connectivity index (χ1n) is 9.31. The van der Waals surface area contributed by atoms with Crippen molar-refractivity contribution in [2.75, 3.05) is 27.7 Å². The number of methoxy groups -OCH3 is 1. The van der Waals surface area contributed by atoms with Crippen LogP contribution in [-0.2, 0) is 6.54 Å². The third-order valence-electron chi connectivity index (χ3n) is 4.83. The van der Waals surface area contributed by atoms with Crippen molar-refractivity contribution in [3.63, 3.8) is 0 Å². The number of nitrogens with zero attached hydrogens (tertiary/aromatic N) is 3. The Morgan fingerprint density at radius 3 is 2.57 bits per heavy atom. The van der Waals surface area contributed by atoms with Gasteiger partial charge in [0.2, 0.25) is 0 Å². The molecule has 0 aliphatic rings. The van der Waals surface area contributed by atoms with E-state index in [0.717, 1.165) is 16.9 Å². The van der Waals surface area contributed by atoms with Crippen LogP contribution in [0.2, 0.25) is 0 Å². The highest BCUT2D eigenvalue weighted by Crippen LogP contribution is 2.23. The molecule has 2 rings (SSSR count). The molecule has 0 aliphatic carbocycles. The van der Waals surface area contributed by atoms with E-state index in [4.69, 9.17) is 4.74 Å². The first-order valence-corrected chi connectivity index (χ1v) is 9.31. The van der Waals surface area contributed by atoms with Gasteiger partial charge in [0.15, 0.2) is 0 Å². The maximum atomic E-state index is 12.9. The Hall–Kier alpha value is -2.67. The van der Waals surface area contributed by atoms with Crippen molar-refractivity contribution < 1.29 is 9.53 Å². The molecule has 1 amide bonds. The number of aromatic nitrogens is 2. The molecular formula is C21H30N4O3. The third-order valence-corrected chi connectivity index (χ3v) is 4.83. The molecule has 0 radical (unpaired) electrons. The predicted molar refractivity (Wildman–Crippen MR) is 110 cm³/mol. The van der Waals surface area contributed by atoms with E-state index in [1.807, 2.05) is 39.8 Å². The van der Waals surface area contributed by atoms with Gasteiger partial charge in [-0.2, -0.15) is 0 Å². The molecule has 152 valence electrons. The largest absolute Gasteiger partial charge is 0.496 e. The number of hydrogen-bond acceptors (Lipinski definition) is 5. The number of rotatable bonds is 7. The van der Waals surface area contributed by atoms with Crippen molar-refractivity contribution in [1.29, 1.82) is 0 Å². The van der Waals surface area contributed by atoms with Crippen LogP contribution in [0.15, 0.2) is 23.3 Å². The van der Waals surface area contributed by atoms with Gasteiger partial charge in [0, 0.05) is 36.1 Å². The van der Waals surface area contributed by atoms with Crippen LogP contribution < -0.4 is 15.6 Å². The van der Waals surface area contributed by atoms with Crippen LogP contribution in [0.1, 0.15) is 45.7 Å². The van der Waals surface area contributed by atoms with Gasteiger partial charge in [0.1, 0.15) is 11.3 Å². The molecule has 1 N–H and O–H groups in total. The quantitative estimate of drug-likeness (QED) is 0.790. The molecule has 1 atom stereocenters. The first-order chi connectivity index (χ1) is 13.2. The Balaban J connectivity index is 2.27. The summed E-state index contributed by atoms with van der Waals surface area (Å²) < 4.78 is 7.02. The highest BCUT2D eigenvalue weighted by molar-refractivity contribution is 5.95. The number of aryl methyl sites for hydroxylation is 2. The van der Waals surface area contributed by atoms with Gasteiger partial charge in [-0.05, 0) is 53.4 Å². The normalized spacial score (nSPS) is 12.1. The summed E-state index contributed by atoms with van der Waals surface area (Å²) >= 11 is 0. The van der Waals surface area contributed by atoms with Crippen molar-refractivity contribution in [3.05, 3.63) is 56.8 Å². The number of likely N-dealkylation sites (N-methyl/N-ethyl adjacent to an activating group) is 1. The van der Waals surface area contributed by atoms with Crippen LogP contribution in [-0.4, -0.2) is 48.1 Å². The Morgan fingerprint density at radius 2 is 1.96 bits per heavy atom. The molecule has 2 aromatic heterocycles. The minimum Gasteiger partial charge on any atom is -0.496 e. The van der Waals surface area contributed by atoms with Gasteiger partial charge in [-0.3, -0.25) is 14.6 Å². The zero-order chi connectivity index (χ0) is 21.0. The zero-order valence-electron chi connectivity index (χ0n) is 17.8. The van der Waals surface area contributed by atoms with Gasteiger partial charge in [0.25, 0.3) is 11.5 Å². The van der Waals surface area contributed by atoms with Gasteiger partial charge < -0.3 is 19.5 Å². The van der Waals surface area contributed by atoms with Crippen LogP contribution in [0, 0.1) is 20.8 Å². The van der Waals surface area contributed by atoms with Gasteiger partial charge in [-0.1, -0.05) is 0 Å². The Labute approximate surface area is 166 Å². The fourth-order valence-corrected chi connectivity index (χ4v) is 3.38. The van der Waals surface area contributed by atoms with Crippen LogP contribution in [0.25, 0.3) is 0 Å². The fourth-order valence-electron chi connectivity index (χ4n) is 3.38. The lowest BCUT2D eigenvalue weighted by atomic mass is 10.1. The number of amides is 1. The zero-order valence-corrected chi connectivity index (χ0v) is 17.8. The van der Waals surface area contributed by atoms with Crippen LogP contribution in [0.4, 0.5) is 0 Å². The molecule has 2 aromatic rings. The first kappa shape index (κ1) is 21.6. The maximum absolute atomic E-state index is 12.9. The molecule has 7 nitrogen and oxygen atoms in total. The van der Waals surface area contributed by atoms with Gasteiger partial charge in [-0.25, -0.2) is 0 Å². The van der Waals surface area contributed by atoms with Crippen molar-refractivity contribution in [2.24, 2.45) is 0 Å². The van der Waals surface area contributed by atoms with Crippen molar-refractivity contribution in [1.82, 2.24) is 19.8 Å². The van der Waals surface area contributed by atoms with Gasteiger partial charge in [0.05, 0.1) is 19.3 Å². The summed E-state index contributed by atoms with van der Waals surface area (Å²) in [6, 6.07) is 1.76. The molecule has 0 aromatic carbocycles. The SMILES string of the molecule is COc1c(C)cnc(CNC(=O)c2c(C)ccn(C(C)CN(C)C)c2=O)c1C. The van der Waals surface area contributed by atoms with E-state index < -0.39 is 5.91 Å². The summed E-state index contributed by atoms with van der Waals surface area (Å²) in [6.45, 7) is 8.49. The molecule has 7 heteroatoms. The number of hydrogen-bond donors (Lipinski definition) is 1. The molecule has 0 saturated heterocycles. The van der Waals surface area contributed by atoms with E-state index in [-0.39, 0.29) is 23.7 Å². The van der Waals surface area contributed by atoms with E-state index in [2.05, 4.69) is 10.3 Å². The lowest BCUT2D eigenvalue weighted by Crippen LogP contribution is -2.37. The predicted octanol–water partition coefficient (Wildman–Crippen LogP) is 2.23. The maximum Gasteiger partial charge on any atom is 0.263 e. The van der Waals surface area contributed by atoms with E-state index >= 15 is 0 Å². The van der Waals surface area contributed by atoms with Gasteiger partial charge in [-0.15, -0.1) is 0 Å². The van der Waals surface area contributed by atoms with Crippen LogP contribution in [0.3, 0.4) is 0 Å². The van der Waals surface area contributed by atoms with Gasteiger partial charge >= 0.3 is 0 Å². The highest BCUT2D eigenvalue weighted by Gasteiger charge is 2.19. The Bertz CT molecular complexity index is 919. The minimum atomic E-state index is -0.394. The molecule has 0 aliphatic heterocycles. The number of ether oxygens (including phenoxy) is 1. The van der Waals surface area contributed by atoms with E-state index in [0.29, 0.717) is 17.8 Å². The molecule has 2 heterocycles. The van der Waals surface area contributed by atoms with E-state index in [9.17, 15) is 9.59 Å². The second-order valence-corrected chi connectivity index (χ2v) is 7.43. The Kier molecular flexibility index (Phi) is 6.96. The topological polar surface area (TPSA) is 76.5 Å². The average Bonchev–Trinajstić information content (AvgIpc) is 2.60. The number of carbonyl (C=O) groups is 1. The Morgan fingerprint density at radius 1 is 1.29 bits per heavy atom. The summed E-state index contributed by atoms with van der Waals surface area (Å²) in [5, 5.41) is 2.83. The fraction of sp³-hybridized carbons (Fsp3) is 0.476. The molecular weight excluding hydrogens is 356 g/mol. The summed E-state index contributed by atoms with van der Waals surface area (Å²) in [5.74, 6) is 0.365. The average molecular weight is 386 g/mol. The summed E-state index contributed by atoms with van der Waals surface area (Å²) in [6.07, 6.45) is 3.47. The molecule has 0 saturated carbocycles. The number of pyridine rings is 2. The molecule has 0 fully saturated rings. The lowest BCUT2D eigenvalue weighted by molar-refractivity contribution is 0.0947. The van der Waals surface area contributed by atoms with Crippen LogP contribution >= 0.6 is 0 Å².